The Morgan fingerprint density at radius 2 is 1.80 bits per heavy atom. The first-order valence-corrected chi connectivity index (χ1v) is 13.1. The molecule has 0 bridgehead atoms. The molecule has 0 aliphatic carbocycles. The number of amides is 2. The van der Waals surface area contributed by atoms with Crippen molar-refractivity contribution in [2.24, 2.45) is 5.41 Å². The van der Waals surface area contributed by atoms with E-state index in [-0.39, 0.29) is 37.1 Å². The molecule has 1 unspecified atom stereocenters. The van der Waals surface area contributed by atoms with Crippen molar-refractivity contribution in [1.82, 2.24) is 15.7 Å². The SMILES string of the molecule is COC(=O)/C=C/C(=O)SCCNC(=O)CCNC(=O)[C@@H]1OP(=O)(N[C@@H](C)C(=O)OC)OCC1(C)C. The summed E-state index contributed by atoms with van der Waals surface area (Å²) in [5.41, 5.74) is -0.831. The van der Waals surface area contributed by atoms with E-state index in [2.05, 4.69) is 25.2 Å². The van der Waals surface area contributed by atoms with Gasteiger partial charge < -0.3 is 20.1 Å². The Morgan fingerprint density at radius 1 is 1.11 bits per heavy atom. The molecule has 3 atom stereocenters. The normalized spacial score (nSPS) is 22.1. The molecule has 0 radical (unpaired) electrons. The van der Waals surface area contributed by atoms with Crippen LogP contribution in [0, 0.1) is 5.41 Å². The van der Waals surface area contributed by atoms with Gasteiger partial charge in [0.15, 0.2) is 6.10 Å². The maximum atomic E-state index is 12.9. The monoisotopic (exact) mass is 537 g/mol. The third-order valence-corrected chi connectivity index (χ3v) is 7.07. The molecule has 0 aromatic heterocycles. The van der Waals surface area contributed by atoms with E-state index in [4.69, 9.17) is 9.05 Å². The van der Waals surface area contributed by atoms with E-state index in [1.54, 1.807) is 13.8 Å². The van der Waals surface area contributed by atoms with Crippen LogP contribution in [-0.2, 0) is 47.1 Å². The van der Waals surface area contributed by atoms with Gasteiger partial charge in [-0.05, 0) is 13.0 Å². The van der Waals surface area contributed by atoms with Crippen LogP contribution in [0.15, 0.2) is 12.2 Å². The van der Waals surface area contributed by atoms with Gasteiger partial charge in [-0.25, -0.2) is 14.4 Å². The van der Waals surface area contributed by atoms with Crippen molar-refractivity contribution in [3.8, 4) is 0 Å². The van der Waals surface area contributed by atoms with E-state index >= 15 is 0 Å². The molecular weight excluding hydrogens is 505 g/mol. The Labute approximate surface area is 208 Å². The van der Waals surface area contributed by atoms with Gasteiger partial charge in [-0.15, -0.1) is 0 Å². The molecule has 1 aliphatic heterocycles. The molecule has 1 rings (SSSR count). The molecule has 1 heterocycles. The molecule has 35 heavy (non-hydrogen) atoms. The van der Waals surface area contributed by atoms with Gasteiger partial charge >= 0.3 is 19.7 Å². The quantitative estimate of drug-likeness (QED) is 0.135. The van der Waals surface area contributed by atoms with Crippen LogP contribution in [0.3, 0.4) is 0 Å². The highest BCUT2D eigenvalue weighted by molar-refractivity contribution is 8.14. The number of rotatable bonds is 12. The van der Waals surface area contributed by atoms with Crippen molar-refractivity contribution in [2.75, 3.05) is 39.7 Å². The van der Waals surface area contributed by atoms with E-state index in [1.807, 2.05) is 0 Å². The van der Waals surface area contributed by atoms with E-state index in [0.29, 0.717) is 5.75 Å². The lowest BCUT2D eigenvalue weighted by Gasteiger charge is -2.40. The smallest absolute Gasteiger partial charge is 0.407 e. The summed E-state index contributed by atoms with van der Waals surface area (Å²) < 4.78 is 32.6. The third-order valence-electron chi connectivity index (χ3n) is 4.58. The van der Waals surface area contributed by atoms with Crippen molar-refractivity contribution < 1.29 is 47.1 Å². The van der Waals surface area contributed by atoms with Gasteiger partial charge in [0.2, 0.25) is 16.9 Å². The lowest BCUT2D eigenvalue weighted by Crippen LogP contribution is -2.51. The van der Waals surface area contributed by atoms with Gasteiger partial charge in [0.25, 0.3) is 0 Å². The minimum Gasteiger partial charge on any atom is -0.468 e. The Kier molecular flexibility index (Phi) is 12.6. The first-order valence-electron chi connectivity index (χ1n) is 10.6. The van der Waals surface area contributed by atoms with Gasteiger partial charge in [0.1, 0.15) is 6.04 Å². The molecule has 198 valence electrons. The lowest BCUT2D eigenvalue weighted by atomic mass is 9.87. The Balaban J connectivity index is 2.44. The van der Waals surface area contributed by atoms with Gasteiger partial charge in [-0.2, -0.15) is 0 Å². The molecule has 3 N–H and O–H groups in total. The van der Waals surface area contributed by atoms with Crippen molar-refractivity contribution in [1.29, 1.82) is 0 Å². The minimum absolute atomic E-state index is 0.00824. The molecular formula is C20H32N3O10PS. The Morgan fingerprint density at radius 3 is 2.43 bits per heavy atom. The van der Waals surface area contributed by atoms with Crippen LogP contribution in [0.4, 0.5) is 0 Å². The van der Waals surface area contributed by atoms with Gasteiger partial charge in [-0.1, -0.05) is 25.6 Å². The van der Waals surface area contributed by atoms with E-state index in [1.165, 1.54) is 21.1 Å². The number of esters is 2. The van der Waals surface area contributed by atoms with Crippen molar-refractivity contribution in [3.63, 3.8) is 0 Å². The highest BCUT2D eigenvalue weighted by atomic mass is 32.2. The van der Waals surface area contributed by atoms with Gasteiger partial charge in [-0.3, -0.25) is 28.2 Å². The van der Waals surface area contributed by atoms with Crippen molar-refractivity contribution >= 4 is 48.4 Å². The van der Waals surface area contributed by atoms with Gasteiger partial charge in [0, 0.05) is 36.8 Å². The highest BCUT2D eigenvalue weighted by Gasteiger charge is 2.48. The molecule has 0 spiro atoms. The molecule has 0 aromatic rings. The lowest BCUT2D eigenvalue weighted by molar-refractivity contribution is -0.143. The van der Waals surface area contributed by atoms with Crippen LogP contribution < -0.4 is 15.7 Å². The number of hydrogen-bond acceptors (Lipinski definition) is 11. The summed E-state index contributed by atoms with van der Waals surface area (Å²) in [6, 6.07) is -0.989. The molecule has 1 saturated heterocycles. The summed E-state index contributed by atoms with van der Waals surface area (Å²) in [7, 11) is -1.59. The zero-order valence-corrected chi connectivity index (χ0v) is 22.0. The van der Waals surface area contributed by atoms with Crippen LogP contribution in [0.2, 0.25) is 0 Å². The number of carbonyl (C=O) groups is 5. The van der Waals surface area contributed by atoms with Crippen LogP contribution in [0.1, 0.15) is 27.2 Å². The molecule has 2 amide bonds. The topological polar surface area (TPSA) is 175 Å². The second-order valence-electron chi connectivity index (χ2n) is 8.03. The second-order valence-corrected chi connectivity index (χ2v) is 10.9. The number of nitrogens with one attached hydrogen (secondary N) is 3. The van der Waals surface area contributed by atoms with Gasteiger partial charge in [0.05, 0.1) is 20.8 Å². The largest absolute Gasteiger partial charge is 0.468 e. The molecule has 15 heteroatoms. The van der Waals surface area contributed by atoms with Crippen molar-refractivity contribution in [2.45, 2.75) is 39.3 Å². The first kappa shape index (κ1) is 30.8. The number of carbonyl (C=O) groups excluding carboxylic acids is 5. The second kappa shape index (κ2) is 14.3. The zero-order chi connectivity index (χ0) is 26.6. The van der Waals surface area contributed by atoms with Crippen LogP contribution in [0.25, 0.3) is 0 Å². The predicted molar refractivity (Wildman–Crippen MR) is 126 cm³/mol. The van der Waals surface area contributed by atoms with Crippen LogP contribution in [0.5, 0.6) is 0 Å². The molecule has 0 saturated carbocycles. The van der Waals surface area contributed by atoms with E-state index < -0.39 is 43.2 Å². The maximum Gasteiger partial charge on any atom is 0.407 e. The number of methoxy groups -OCH3 is 2. The third kappa shape index (κ3) is 10.9. The number of thioether (sulfide) groups is 1. The number of hydrogen-bond donors (Lipinski definition) is 3. The standard InChI is InChI=1S/C20H32N3O10PS/c1-13(19(28)31-5)23-34(29)32-12-20(2,3)17(33-34)18(27)22-9-8-14(24)21-10-11-35-16(26)7-6-15(25)30-4/h6-7,13,17H,8-12H2,1-5H3,(H,21,24)(H,22,27)(H,23,29)/b7-6+/t13-,17-,34?/m0/s1. The molecule has 13 nitrogen and oxygen atoms in total. The summed E-state index contributed by atoms with van der Waals surface area (Å²) in [5, 5.41) is 7.26. The van der Waals surface area contributed by atoms with Crippen molar-refractivity contribution in [3.05, 3.63) is 12.2 Å². The average Bonchev–Trinajstić information content (AvgIpc) is 2.81. The maximum absolute atomic E-state index is 12.9. The summed E-state index contributed by atoms with van der Waals surface area (Å²) in [4.78, 5) is 58.7. The molecule has 0 aromatic carbocycles. The number of ether oxygens (including phenoxy) is 2. The Bertz CT molecular complexity index is 879. The fourth-order valence-electron chi connectivity index (χ4n) is 2.65. The van der Waals surface area contributed by atoms with E-state index in [0.717, 1.165) is 23.9 Å². The van der Waals surface area contributed by atoms with Crippen LogP contribution >= 0.6 is 19.5 Å². The fraction of sp³-hybridized carbons (Fsp3) is 0.650. The summed E-state index contributed by atoms with van der Waals surface area (Å²) in [5.74, 6) is -1.96. The zero-order valence-electron chi connectivity index (χ0n) is 20.3. The average molecular weight is 538 g/mol. The highest BCUT2D eigenvalue weighted by Crippen LogP contribution is 2.53. The molecule has 1 fully saturated rings. The first-order chi connectivity index (χ1) is 16.3. The van der Waals surface area contributed by atoms with Crippen LogP contribution in [-0.4, -0.2) is 80.7 Å². The Hall–Kier alpha value is -2.25. The minimum atomic E-state index is -3.97. The predicted octanol–water partition coefficient (Wildman–Crippen LogP) is 0.299. The summed E-state index contributed by atoms with van der Waals surface area (Å²) >= 11 is 0.917. The van der Waals surface area contributed by atoms with E-state index in [9.17, 15) is 28.5 Å². The molecule has 1 aliphatic rings. The summed E-state index contributed by atoms with van der Waals surface area (Å²) in [6.07, 6.45) is 0.890. The fourth-order valence-corrected chi connectivity index (χ4v) is 5.16. The summed E-state index contributed by atoms with van der Waals surface area (Å²) in [6.45, 7) is 4.92.